The van der Waals surface area contributed by atoms with Gasteiger partial charge in [0, 0.05) is 75.8 Å². The lowest BCUT2D eigenvalue weighted by Gasteiger charge is -2.28. The Bertz CT molecular complexity index is 1110. The molecule has 35 heavy (non-hydrogen) atoms. The van der Waals surface area contributed by atoms with E-state index in [1.165, 1.54) is 0 Å². The highest BCUT2D eigenvalue weighted by atomic mass is 19.3. The fourth-order valence-electron chi connectivity index (χ4n) is 4.21. The first kappa shape index (κ1) is 26.3. The molecule has 1 saturated carbocycles. The lowest BCUT2D eigenvalue weighted by atomic mass is 9.87. The van der Waals surface area contributed by atoms with Crippen LogP contribution >= 0.6 is 0 Å². The molecule has 1 aliphatic carbocycles. The molecular weight excluding hydrogens is 444 g/mol. The van der Waals surface area contributed by atoms with E-state index < -0.39 is 5.92 Å². The Kier molecular flexibility index (Phi) is 8.90. The van der Waals surface area contributed by atoms with E-state index >= 15 is 0 Å². The molecule has 186 valence electrons. The highest BCUT2D eigenvalue weighted by Gasteiger charge is 2.34. The maximum absolute atomic E-state index is 13.6. The predicted octanol–water partition coefficient (Wildman–Crippen LogP) is 6.57. The van der Waals surface area contributed by atoms with Gasteiger partial charge in [0.15, 0.2) is 5.82 Å². The summed E-state index contributed by atoms with van der Waals surface area (Å²) in [6.07, 6.45) is 10.3. The molecular formula is C28H35F2N5. The van der Waals surface area contributed by atoms with Crippen molar-refractivity contribution in [3.8, 4) is 11.4 Å². The van der Waals surface area contributed by atoms with Gasteiger partial charge >= 0.3 is 0 Å². The molecule has 3 rings (SSSR count). The minimum atomic E-state index is -2.53. The first-order valence-electron chi connectivity index (χ1n) is 12.0. The summed E-state index contributed by atoms with van der Waals surface area (Å²) in [5.41, 5.74) is 4.62. The number of aromatic nitrogens is 2. The van der Waals surface area contributed by atoms with E-state index in [1.54, 1.807) is 19.5 Å². The van der Waals surface area contributed by atoms with Crippen molar-refractivity contribution < 1.29 is 8.78 Å². The molecule has 1 aromatic carbocycles. The van der Waals surface area contributed by atoms with Crippen molar-refractivity contribution in [2.75, 3.05) is 33.0 Å². The van der Waals surface area contributed by atoms with E-state index in [9.17, 15) is 8.78 Å². The lowest BCUT2D eigenvalue weighted by molar-refractivity contribution is -0.0443. The second-order valence-corrected chi connectivity index (χ2v) is 9.10. The monoisotopic (exact) mass is 479 g/mol. The van der Waals surface area contributed by atoms with Gasteiger partial charge in [-0.3, -0.25) is 4.99 Å². The Labute approximate surface area is 207 Å². The Balaban J connectivity index is 1.94. The third-order valence-electron chi connectivity index (χ3n) is 6.15. The van der Waals surface area contributed by atoms with E-state index in [-0.39, 0.29) is 18.8 Å². The fraction of sp³-hybridized carbons (Fsp3) is 0.393. The van der Waals surface area contributed by atoms with Crippen LogP contribution in [0.5, 0.6) is 0 Å². The summed E-state index contributed by atoms with van der Waals surface area (Å²) in [5, 5.41) is 3.44. The Morgan fingerprint density at radius 3 is 2.63 bits per heavy atom. The zero-order chi connectivity index (χ0) is 25.4. The molecule has 0 unspecified atom stereocenters. The predicted molar refractivity (Wildman–Crippen MR) is 143 cm³/mol. The molecule has 0 amide bonds. The maximum atomic E-state index is 13.6. The van der Waals surface area contributed by atoms with Crippen LogP contribution in [0.1, 0.15) is 43.7 Å². The molecule has 7 heteroatoms. The molecule has 0 bridgehead atoms. The first-order chi connectivity index (χ1) is 16.8. The second kappa shape index (κ2) is 11.9. The highest BCUT2D eigenvalue weighted by molar-refractivity contribution is 6.11. The van der Waals surface area contributed by atoms with E-state index in [4.69, 9.17) is 4.98 Å². The number of nitrogens with one attached hydrogen (secondary N) is 1. The maximum Gasteiger partial charge on any atom is 0.248 e. The number of aliphatic imine (C=N–C) groups is 1. The van der Waals surface area contributed by atoms with Crippen molar-refractivity contribution in [3.63, 3.8) is 0 Å². The summed E-state index contributed by atoms with van der Waals surface area (Å²) in [7, 11) is 5.66. The quantitative estimate of drug-likeness (QED) is 0.326. The van der Waals surface area contributed by atoms with Crippen molar-refractivity contribution in [3.05, 3.63) is 66.5 Å². The largest absolute Gasteiger partial charge is 0.383 e. The van der Waals surface area contributed by atoms with Crippen molar-refractivity contribution in [1.29, 1.82) is 0 Å². The molecule has 0 aliphatic heterocycles. The SMILES string of the molecule is C=C/C(=C\N(C)C)c1cccc(-c2ncc(/C(C=NC)=C/C)c(NCC3CCC(F)(F)CC3)n2)c1. The lowest BCUT2D eigenvalue weighted by Crippen LogP contribution is -2.28. The Hall–Kier alpha value is -3.35. The van der Waals surface area contributed by atoms with Gasteiger partial charge in [-0.1, -0.05) is 36.9 Å². The van der Waals surface area contributed by atoms with Gasteiger partial charge in [0.2, 0.25) is 5.92 Å². The standard InChI is InChI=1S/C28H35F2N5/c1-6-21(17-31-3)25-18-33-26(24-10-8-9-23(15-24)22(7-2)19-35(4)5)34-27(25)32-16-20-11-13-28(29,30)14-12-20/h6-10,15,17-20H,2,11-14,16H2,1,3-5H3,(H,32,33,34)/b21-6+,22-19+,31-17?. The summed E-state index contributed by atoms with van der Waals surface area (Å²) in [4.78, 5) is 15.7. The Morgan fingerprint density at radius 2 is 2.00 bits per heavy atom. The van der Waals surface area contributed by atoms with Gasteiger partial charge in [0.1, 0.15) is 5.82 Å². The normalized spacial score (nSPS) is 17.0. The van der Waals surface area contributed by atoms with Crippen molar-refractivity contribution >= 4 is 23.2 Å². The average molecular weight is 480 g/mol. The number of anilines is 1. The molecule has 5 nitrogen and oxygen atoms in total. The molecule has 1 aliphatic rings. The van der Waals surface area contributed by atoms with E-state index in [0.29, 0.717) is 31.0 Å². The summed E-state index contributed by atoms with van der Waals surface area (Å²) in [6, 6.07) is 8.03. The van der Waals surface area contributed by atoms with Crippen LogP contribution in [-0.4, -0.2) is 54.7 Å². The number of hydrogen-bond acceptors (Lipinski definition) is 5. The van der Waals surface area contributed by atoms with Gasteiger partial charge in [-0.25, -0.2) is 18.7 Å². The molecule has 1 heterocycles. The van der Waals surface area contributed by atoms with Gasteiger partial charge in [-0.2, -0.15) is 0 Å². The second-order valence-electron chi connectivity index (χ2n) is 9.10. The van der Waals surface area contributed by atoms with E-state index in [0.717, 1.165) is 27.8 Å². The molecule has 0 spiro atoms. The van der Waals surface area contributed by atoms with Crippen molar-refractivity contribution in [1.82, 2.24) is 14.9 Å². The molecule has 0 atom stereocenters. The number of benzene rings is 1. The van der Waals surface area contributed by atoms with Crippen LogP contribution in [0.15, 0.2) is 60.4 Å². The van der Waals surface area contributed by atoms with Gasteiger partial charge in [0.05, 0.1) is 0 Å². The highest BCUT2D eigenvalue weighted by Crippen LogP contribution is 2.36. The molecule has 0 saturated heterocycles. The summed E-state index contributed by atoms with van der Waals surface area (Å²) < 4.78 is 27.2. The molecule has 0 radical (unpaired) electrons. The molecule has 1 N–H and O–H groups in total. The first-order valence-corrected chi connectivity index (χ1v) is 12.0. The van der Waals surface area contributed by atoms with Gasteiger partial charge < -0.3 is 10.2 Å². The molecule has 1 aromatic heterocycles. The number of rotatable bonds is 9. The minimum Gasteiger partial charge on any atom is -0.383 e. The van der Waals surface area contributed by atoms with Crippen LogP contribution in [-0.2, 0) is 0 Å². The summed E-state index contributed by atoms with van der Waals surface area (Å²) in [5.74, 6) is -1.08. The van der Waals surface area contributed by atoms with E-state index in [1.807, 2.05) is 68.5 Å². The van der Waals surface area contributed by atoms with Crippen LogP contribution in [0.2, 0.25) is 0 Å². The number of hydrogen-bond donors (Lipinski definition) is 1. The van der Waals surface area contributed by atoms with Crippen LogP contribution in [0.4, 0.5) is 14.6 Å². The number of nitrogens with zero attached hydrogens (tertiary/aromatic N) is 4. The van der Waals surface area contributed by atoms with Crippen LogP contribution in [0.25, 0.3) is 22.5 Å². The smallest absolute Gasteiger partial charge is 0.248 e. The third kappa shape index (κ3) is 7.07. The minimum absolute atomic E-state index is 0.0528. The zero-order valence-electron chi connectivity index (χ0n) is 21.1. The number of allylic oxidation sites excluding steroid dienone is 4. The van der Waals surface area contributed by atoms with E-state index in [2.05, 4.69) is 21.9 Å². The van der Waals surface area contributed by atoms with Crippen molar-refractivity contribution in [2.24, 2.45) is 10.9 Å². The molecule has 2 aromatic rings. The average Bonchev–Trinajstić information content (AvgIpc) is 2.85. The number of halogens is 2. The number of alkyl halides is 2. The zero-order valence-corrected chi connectivity index (χ0v) is 21.1. The van der Waals surface area contributed by atoms with Gasteiger partial charge in [-0.05, 0) is 42.9 Å². The van der Waals surface area contributed by atoms with Crippen LogP contribution in [0, 0.1) is 5.92 Å². The molecule has 1 fully saturated rings. The summed E-state index contributed by atoms with van der Waals surface area (Å²) >= 11 is 0. The Morgan fingerprint density at radius 1 is 1.26 bits per heavy atom. The topological polar surface area (TPSA) is 53.4 Å². The van der Waals surface area contributed by atoms with Crippen LogP contribution in [0.3, 0.4) is 0 Å². The van der Waals surface area contributed by atoms with Crippen molar-refractivity contribution in [2.45, 2.75) is 38.5 Å². The van der Waals surface area contributed by atoms with Crippen LogP contribution < -0.4 is 5.32 Å². The summed E-state index contributed by atoms with van der Waals surface area (Å²) in [6.45, 7) is 6.47. The fourth-order valence-corrected chi connectivity index (χ4v) is 4.21. The van der Waals surface area contributed by atoms with Gasteiger partial charge in [0.25, 0.3) is 0 Å². The third-order valence-corrected chi connectivity index (χ3v) is 6.15. The van der Waals surface area contributed by atoms with Gasteiger partial charge in [-0.15, -0.1) is 0 Å².